The van der Waals surface area contributed by atoms with Crippen molar-refractivity contribution in [3.8, 4) is 0 Å². The van der Waals surface area contributed by atoms with E-state index in [1.165, 1.54) is 30.8 Å². The zero-order chi connectivity index (χ0) is 9.54. The van der Waals surface area contributed by atoms with Crippen LogP contribution in [0.2, 0.25) is 0 Å². The lowest BCUT2D eigenvalue weighted by molar-refractivity contribution is 0.820. The Bertz CT molecular complexity index is 323. The van der Waals surface area contributed by atoms with Gasteiger partial charge in [0.25, 0.3) is 0 Å². The molecule has 1 aromatic carbocycles. The lowest BCUT2D eigenvalue weighted by Gasteiger charge is -2.20. The van der Waals surface area contributed by atoms with Crippen LogP contribution in [0.15, 0.2) is 24.3 Å². The monoisotopic (exact) mass is 251 g/mol. The summed E-state index contributed by atoms with van der Waals surface area (Å²) in [6.45, 7) is 2.58. The molecule has 2 unspecified atom stereocenters. The van der Waals surface area contributed by atoms with Crippen LogP contribution in [0.3, 0.4) is 0 Å². The minimum absolute atomic E-state index is 0.957. The average Bonchev–Trinajstić information content (AvgIpc) is 2.86. The lowest BCUT2D eigenvalue weighted by atomic mass is 10.2. The van der Waals surface area contributed by atoms with Crippen molar-refractivity contribution in [2.75, 3.05) is 18.0 Å². The SMILES string of the molecule is BrCc1ccc(N2CC3CC3C2)cc1. The Balaban J connectivity index is 1.76. The van der Waals surface area contributed by atoms with Gasteiger partial charge in [0.1, 0.15) is 0 Å². The molecule has 1 aliphatic carbocycles. The van der Waals surface area contributed by atoms with Crippen LogP contribution in [-0.2, 0) is 5.33 Å². The highest BCUT2D eigenvalue weighted by Gasteiger charge is 2.44. The van der Waals surface area contributed by atoms with Crippen molar-refractivity contribution in [2.24, 2.45) is 11.8 Å². The molecule has 1 nitrogen and oxygen atoms in total. The van der Waals surface area contributed by atoms with E-state index in [9.17, 15) is 0 Å². The Kier molecular flexibility index (Phi) is 2.05. The fourth-order valence-electron chi connectivity index (χ4n) is 2.40. The first-order valence-electron chi connectivity index (χ1n) is 5.26. The average molecular weight is 252 g/mol. The summed E-state index contributed by atoms with van der Waals surface area (Å²) in [6.07, 6.45) is 1.48. The van der Waals surface area contributed by atoms with Gasteiger partial charge in [-0.3, -0.25) is 0 Å². The molecular formula is C12H14BrN. The number of alkyl halides is 1. The van der Waals surface area contributed by atoms with Gasteiger partial charge in [0.05, 0.1) is 0 Å². The van der Waals surface area contributed by atoms with Gasteiger partial charge < -0.3 is 4.90 Å². The van der Waals surface area contributed by atoms with Crippen LogP contribution in [0.25, 0.3) is 0 Å². The molecule has 2 atom stereocenters. The summed E-state index contributed by atoms with van der Waals surface area (Å²) < 4.78 is 0. The largest absolute Gasteiger partial charge is 0.371 e. The maximum atomic E-state index is 3.47. The first kappa shape index (κ1) is 8.78. The topological polar surface area (TPSA) is 3.24 Å². The summed E-state index contributed by atoms with van der Waals surface area (Å²) in [5.41, 5.74) is 2.76. The van der Waals surface area contributed by atoms with E-state index in [0.29, 0.717) is 0 Å². The number of piperidine rings is 1. The van der Waals surface area contributed by atoms with E-state index in [0.717, 1.165) is 17.2 Å². The van der Waals surface area contributed by atoms with Crippen molar-refractivity contribution in [3.05, 3.63) is 29.8 Å². The number of hydrogen-bond donors (Lipinski definition) is 0. The van der Waals surface area contributed by atoms with Crippen LogP contribution in [-0.4, -0.2) is 13.1 Å². The molecule has 2 fully saturated rings. The molecule has 2 heteroatoms. The van der Waals surface area contributed by atoms with Crippen LogP contribution in [0, 0.1) is 11.8 Å². The van der Waals surface area contributed by atoms with Crippen LogP contribution in [0.4, 0.5) is 5.69 Å². The standard InChI is InChI=1S/C12H14BrN/c13-6-9-1-3-12(4-2-9)14-7-10-5-11(10)8-14/h1-4,10-11H,5-8H2. The van der Waals surface area contributed by atoms with Gasteiger partial charge in [-0.25, -0.2) is 0 Å². The van der Waals surface area contributed by atoms with E-state index in [2.05, 4.69) is 45.1 Å². The quantitative estimate of drug-likeness (QED) is 0.731. The summed E-state index contributed by atoms with van der Waals surface area (Å²) in [7, 11) is 0. The van der Waals surface area contributed by atoms with Gasteiger partial charge >= 0.3 is 0 Å². The lowest BCUT2D eigenvalue weighted by Crippen LogP contribution is -2.21. The van der Waals surface area contributed by atoms with Gasteiger partial charge in [-0.2, -0.15) is 0 Å². The molecule has 1 saturated heterocycles. The smallest absolute Gasteiger partial charge is 0.0366 e. The van der Waals surface area contributed by atoms with E-state index in [4.69, 9.17) is 0 Å². The molecule has 74 valence electrons. The number of nitrogens with zero attached hydrogens (tertiary/aromatic N) is 1. The first-order valence-corrected chi connectivity index (χ1v) is 6.39. The summed E-state index contributed by atoms with van der Waals surface area (Å²) in [5, 5.41) is 0.957. The van der Waals surface area contributed by atoms with Crippen molar-refractivity contribution in [1.29, 1.82) is 0 Å². The number of rotatable bonds is 2. The second kappa shape index (κ2) is 3.27. The summed E-state index contributed by atoms with van der Waals surface area (Å²) in [6, 6.07) is 8.94. The number of hydrogen-bond acceptors (Lipinski definition) is 1. The highest BCUT2D eigenvalue weighted by Crippen LogP contribution is 2.46. The molecule has 14 heavy (non-hydrogen) atoms. The second-order valence-electron chi connectivity index (χ2n) is 4.46. The first-order chi connectivity index (χ1) is 6.86. The molecule has 0 bridgehead atoms. The Labute approximate surface area is 93.2 Å². The Morgan fingerprint density at radius 1 is 1.14 bits per heavy atom. The fraction of sp³-hybridized carbons (Fsp3) is 0.500. The summed E-state index contributed by atoms with van der Waals surface area (Å²) in [5.74, 6) is 2.04. The normalized spacial score (nSPS) is 29.1. The van der Waals surface area contributed by atoms with Gasteiger partial charge in [0.2, 0.25) is 0 Å². The molecule has 1 aromatic rings. The number of fused-ring (bicyclic) bond motifs is 1. The van der Waals surface area contributed by atoms with Crippen LogP contribution in [0.5, 0.6) is 0 Å². The van der Waals surface area contributed by atoms with E-state index >= 15 is 0 Å². The third kappa shape index (κ3) is 1.46. The number of benzene rings is 1. The second-order valence-corrected chi connectivity index (χ2v) is 5.02. The van der Waals surface area contributed by atoms with Gasteiger partial charge in [0, 0.05) is 24.1 Å². The van der Waals surface area contributed by atoms with Crippen molar-refractivity contribution in [2.45, 2.75) is 11.8 Å². The van der Waals surface area contributed by atoms with E-state index in [1.807, 2.05) is 0 Å². The van der Waals surface area contributed by atoms with Crippen molar-refractivity contribution < 1.29 is 0 Å². The molecule has 1 saturated carbocycles. The molecule has 1 aliphatic heterocycles. The molecule has 0 spiro atoms. The molecule has 0 aromatic heterocycles. The number of halogens is 1. The van der Waals surface area contributed by atoms with Crippen LogP contribution < -0.4 is 4.90 Å². The van der Waals surface area contributed by atoms with E-state index < -0.39 is 0 Å². The van der Waals surface area contributed by atoms with Crippen molar-refractivity contribution >= 4 is 21.6 Å². The summed E-state index contributed by atoms with van der Waals surface area (Å²) >= 11 is 3.47. The zero-order valence-electron chi connectivity index (χ0n) is 8.12. The molecular weight excluding hydrogens is 238 g/mol. The van der Waals surface area contributed by atoms with Crippen molar-refractivity contribution in [1.82, 2.24) is 0 Å². The molecule has 0 amide bonds. The Morgan fingerprint density at radius 2 is 1.79 bits per heavy atom. The minimum atomic E-state index is 0.957. The maximum absolute atomic E-state index is 3.47. The molecule has 2 aliphatic rings. The van der Waals surface area contributed by atoms with Gasteiger partial charge in [-0.15, -0.1) is 0 Å². The van der Waals surface area contributed by atoms with Gasteiger partial charge in [-0.05, 0) is 36.0 Å². The van der Waals surface area contributed by atoms with E-state index in [1.54, 1.807) is 0 Å². The molecule has 0 N–H and O–H groups in total. The maximum Gasteiger partial charge on any atom is 0.0366 e. The van der Waals surface area contributed by atoms with Crippen molar-refractivity contribution in [3.63, 3.8) is 0 Å². The number of anilines is 1. The third-order valence-electron chi connectivity index (χ3n) is 3.43. The fourth-order valence-corrected chi connectivity index (χ4v) is 2.78. The Morgan fingerprint density at radius 3 is 2.36 bits per heavy atom. The third-order valence-corrected chi connectivity index (χ3v) is 4.08. The van der Waals surface area contributed by atoms with Crippen LogP contribution >= 0.6 is 15.9 Å². The van der Waals surface area contributed by atoms with Gasteiger partial charge in [0.15, 0.2) is 0 Å². The van der Waals surface area contributed by atoms with Gasteiger partial charge in [-0.1, -0.05) is 28.1 Å². The Hall–Kier alpha value is -0.500. The predicted octanol–water partition coefficient (Wildman–Crippen LogP) is 3.04. The van der Waals surface area contributed by atoms with Crippen LogP contribution in [0.1, 0.15) is 12.0 Å². The summed E-state index contributed by atoms with van der Waals surface area (Å²) in [4.78, 5) is 2.52. The highest BCUT2D eigenvalue weighted by molar-refractivity contribution is 9.08. The minimum Gasteiger partial charge on any atom is -0.371 e. The predicted molar refractivity (Wildman–Crippen MR) is 62.9 cm³/mol. The molecule has 0 radical (unpaired) electrons. The van der Waals surface area contributed by atoms with E-state index in [-0.39, 0.29) is 0 Å². The highest BCUT2D eigenvalue weighted by atomic mass is 79.9. The molecule has 1 heterocycles. The molecule has 3 rings (SSSR count). The zero-order valence-corrected chi connectivity index (χ0v) is 9.70.